The molecule has 1 aliphatic heterocycles. The lowest BCUT2D eigenvalue weighted by molar-refractivity contribution is 0.402. The maximum absolute atomic E-state index is 2.46. The molecule has 1 heterocycles. The number of benzene rings is 2. The average Bonchev–Trinajstić information content (AvgIpc) is 2.59. The van der Waals surface area contributed by atoms with Crippen molar-refractivity contribution < 1.29 is 0 Å². The van der Waals surface area contributed by atoms with E-state index in [9.17, 15) is 0 Å². The quantitative estimate of drug-likeness (QED) is 0.756. The Labute approximate surface area is 116 Å². The molecule has 0 fully saturated rings. The summed E-state index contributed by atoms with van der Waals surface area (Å²) in [4.78, 5) is 2.23. The molecule has 2 heteroatoms. The summed E-state index contributed by atoms with van der Waals surface area (Å²) in [7, 11) is 2.79. The lowest BCUT2D eigenvalue weighted by Crippen LogP contribution is -2.49. The van der Waals surface area contributed by atoms with E-state index in [0.29, 0.717) is 0 Å². The van der Waals surface area contributed by atoms with Crippen LogP contribution in [0.4, 0.5) is 0 Å². The monoisotopic (exact) mass is 267 g/mol. The van der Waals surface area contributed by atoms with Gasteiger partial charge in [0.15, 0.2) is 0 Å². The Hall–Kier alpha value is -1.38. The molecular formula is C17H21NSi. The summed E-state index contributed by atoms with van der Waals surface area (Å²) >= 11 is 0. The first-order valence-corrected chi connectivity index (χ1v) is 9.88. The van der Waals surface area contributed by atoms with Crippen molar-refractivity contribution in [2.75, 3.05) is 14.1 Å². The molecule has 0 bridgehead atoms. The fraction of sp³-hybridized carbons (Fsp3) is 0.294. The van der Waals surface area contributed by atoms with Crippen LogP contribution in [0.3, 0.4) is 0 Å². The summed E-state index contributed by atoms with van der Waals surface area (Å²) in [6.45, 7) is 5.93. The van der Waals surface area contributed by atoms with Crippen molar-refractivity contribution >= 4 is 18.4 Å². The van der Waals surface area contributed by atoms with E-state index < -0.39 is 8.07 Å². The Morgan fingerprint density at radius 1 is 0.895 bits per heavy atom. The number of hydrogen-bond donors (Lipinski definition) is 0. The molecule has 0 radical (unpaired) electrons. The Bertz CT molecular complexity index is 629. The van der Waals surface area contributed by atoms with Gasteiger partial charge in [0.2, 0.25) is 0 Å². The summed E-state index contributed by atoms with van der Waals surface area (Å²) in [5.41, 5.74) is 4.35. The van der Waals surface area contributed by atoms with Crippen LogP contribution in [0.2, 0.25) is 13.1 Å². The summed E-state index contributed by atoms with van der Waals surface area (Å²) in [5.74, 6) is 0. The van der Waals surface area contributed by atoms with Crippen molar-refractivity contribution in [3.8, 4) is 11.1 Å². The van der Waals surface area contributed by atoms with Crippen LogP contribution in [0.15, 0.2) is 42.5 Å². The number of rotatable bonds is 2. The Balaban J connectivity index is 2.17. The highest BCUT2D eigenvalue weighted by atomic mass is 28.3. The van der Waals surface area contributed by atoms with Crippen LogP contribution in [0, 0.1) is 0 Å². The van der Waals surface area contributed by atoms with Crippen molar-refractivity contribution in [1.29, 1.82) is 0 Å². The first-order valence-electron chi connectivity index (χ1n) is 6.88. The van der Waals surface area contributed by atoms with Crippen LogP contribution in [0.1, 0.15) is 5.56 Å². The van der Waals surface area contributed by atoms with Gasteiger partial charge in [0.25, 0.3) is 0 Å². The topological polar surface area (TPSA) is 3.24 Å². The molecule has 2 aromatic rings. The van der Waals surface area contributed by atoms with Crippen LogP contribution in [-0.2, 0) is 6.54 Å². The molecule has 0 aromatic heterocycles. The van der Waals surface area contributed by atoms with Crippen molar-refractivity contribution in [3.63, 3.8) is 0 Å². The zero-order valence-corrected chi connectivity index (χ0v) is 13.2. The van der Waals surface area contributed by atoms with Gasteiger partial charge in [-0.25, -0.2) is 0 Å². The maximum Gasteiger partial charge on any atom is 0.113 e. The zero-order chi connectivity index (χ0) is 13.6. The van der Waals surface area contributed by atoms with E-state index in [4.69, 9.17) is 0 Å². The molecule has 1 aliphatic rings. The normalized spacial score (nSPS) is 15.4. The second-order valence-electron chi connectivity index (χ2n) is 6.29. The van der Waals surface area contributed by atoms with E-state index in [0.717, 1.165) is 6.54 Å². The molecule has 0 aliphatic carbocycles. The van der Waals surface area contributed by atoms with Gasteiger partial charge < -0.3 is 4.90 Å². The number of fused-ring (bicyclic) bond motifs is 3. The van der Waals surface area contributed by atoms with Gasteiger partial charge in [-0.2, -0.15) is 0 Å². The highest BCUT2D eigenvalue weighted by Crippen LogP contribution is 2.28. The van der Waals surface area contributed by atoms with Crippen LogP contribution in [0.5, 0.6) is 0 Å². The van der Waals surface area contributed by atoms with Crippen molar-refractivity contribution in [2.24, 2.45) is 0 Å². The van der Waals surface area contributed by atoms with E-state index in [-0.39, 0.29) is 0 Å². The highest BCUT2D eigenvalue weighted by Gasteiger charge is 2.36. The molecule has 3 rings (SSSR count). The molecule has 0 amide bonds. The smallest absolute Gasteiger partial charge is 0.113 e. The third-order valence-corrected chi connectivity index (χ3v) is 7.71. The van der Waals surface area contributed by atoms with Crippen LogP contribution >= 0.6 is 0 Å². The van der Waals surface area contributed by atoms with E-state index in [1.807, 2.05) is 0 Å². The summed E-state index contributed by atoms with van der Waals surface area (Å²) in [6.07, 6.45) is 0. The molecular weight excluding hydrogens is 246 g/mol. The molecule has 1 nitrogen and oxygen atoms in total. The van der Waals surface area contributed by atoms with Gasteiger partial charge in [-0.15, -0.1) is 0 Å². The lowest BCUT2D eigenvalue weighted by atomic mass is 10.0. The molecule has 0 unspecified atom stereocenters. The van der Waals surface area contributed by atoms with Gasteiger partial charge in [0.1, 0.15) is 8.07 Å². The van der Waals surface area contributed by atoms with Gasteiger partial charge in [0, 0.05) is 6.54 Å². The molecule has 2 aromatic carbocycles. The Morgan fingerprint density at radius 3 is 2.32 bits per heavy atom. The summed E-state index contributed by atoms with van der Waals surface area (Å²) < 4.78 is 0. The predicted molar refractivity (Wildman–Crippen MR) is 86.0 cm³/mol. The summed E-state index contributed by atoms with van der Waals surface area (Å²) in [6, 6.07) is 16.0. The van der Waals surface area contributed by atoms with Crippen LogP contribution < -0.4 is 10.4 Å². The third-order valence-electron chi connectivity index (χ3n) is 4.15. The first-order chi connectivity index (χ1) is 9.00. The fourth-order valence-electron chi connectivity index (χ4n) is 3.23. The SMILES string of the molecule is CN(C)Cc1ccc2c(c1)-c1ccccc1[Si]2(C)C. The summed E-state index contributed by atoms with van der Waals surface area (Å²) in [5, 5.41) is 3.18. The minimum Gasteiger partial charge on any atom is -0.305 e. The van der Waals surface area contributed by atoms with E-state index >= 15 is 0 Å². The second-order valence-corrected chi connectivity index (χ2v) is 10.6. The van der Waals surface area contributed by atoms with E-state index in [2.05, 4.69) is 74.6 Å². The predicted octanol–water partition coefficient (Wildman–Crippen LogP) is 2.55. The molecule has 98 valence electrons. The molecule has 0 N–H and O–H groups in total. The standard InChI is InChI=1S/C17H21NSi/c1-18(2)12-13-9-10-17-15(11-13)14-7-5-6-8-16(14)19(17,3)4/h5-11H,12H2,1-4H3. The highest BCUT2D eigenvalue weighted by molar-refractivity contribution is 7.03. The van der Waals surface area contributed by atoms with Crippen molar-refractivity contribution in [3.05, 3.63) is 48.0 Å². The minimum absolute atomic E-state index is 1.01. The van der Waals surface area contributed by atoms with Gasteiger partial charge in [-0.1, -0.05) is 49.5 Å². The lowest BCUT2D eigenvalue weighted by Gasteiger charge is -2.19. The first kappa shape index (κ1) is 12.6. The minimum atomic E-state index is -1.46. The molecule has 0 atom stereocenters. The largest absolute Gasteiger partial charge is 0.305 e. The van der Waals surface area contributed by atoms with Crippen molar-refractivity contribution in [2.45, 2.75) is 19.6 Å². The van der Waals surface area contributed by atoms with Gasteiger partial charge in [-0.05, 0) is 47.2 Å². The Morgan fingerprint density at radius 2 is 1.58 bits per heavy atom. The molecule has 0 saturated heterocycles. The van der Waals surface area contributed by atoms with Crippen molar-refractivity contribution in [1.82, 2.24) is 4.90 Å². The third kappa shape index (κ3) is 1.95. The molecule has 0 spiro atoms. The van der Waals surface area contributed by atoms with Gasteiger partial charge in [-0.3, -0.25) is 0 Å². The molecule has 0 saturated carbocycles. The maximum atomic E-state index is 2.46. The second kappa shape index (κ2) is 4.32. The number of hydrogen-bond acceptors (Lipinski definition) is 1. The van der Waals surface area contributed by atoms with Crippen LogP contribution in [0.25, 0.3) is 11.1 Å². The molecule has 19 heavy (non-hydrogen) atoms. The average molecular weight is 267 g/mol. The van der Waals surface area contributed by atoms with Crippen LogP contribution in [-0.4, -0.2) is 27.1 Å². The fourth-order valence-corrected chi connectivity index (χ4v) is 6.31. The van der Waals surface area contributed by atoms with Gasteiger partial charge in [0.05, 0.1) is 0 Å². The zero-order valence-electron chi connectivity index (χ0n) is 12.2. The van der Waals surface area contributed by atoms with E-state index in [1.54, 1.807) is 10.4 Å². The van der Waals surface area contributed by atoms with Gasteiger partial charge >= 0.3 is 0 Å². The number of nitrogens with zero attached hydrogens (tertiary/aromatic N) is 1. The van der Waals surface area contributed by atoms with E-state index in [1.165, 1.54) is 16.7 Å². The Kier molecular flexibility index (Phi) is 2.88.